The first kappa shape index (κ1) is 77.2. The number of hydrogen-bond acceptors (Lipinski definition) is 27. The molecule has 0 heterocycles. The van der Waals surface area contributed by atoms with Gasteiger partial charge in [0.1, 0.15) is 37.4 Å². The van der Waals surface area contributed by atoms with Gasteiger partial charge in [-0.2, -0.15) is 0 Å². The van der Waals surface area contributed by atoms with Gasteiger partial charge in [0.25, 0.3) is 0 Å². The molecule has 0 aliphatic heterocycles. The number of aliphatic hydroxyl groups is 3. The largest absolute Gasteiger partial charge is 0.414 e. The Bertz CT molecular complexity index is 1820. The smallest absolute Gasteiger partial charge is 0.410 e. The summed E-state index contributed by atoms with van der Waals surface area (Å²) in [7, 11) is 0. The number of carbonyl (C=O) groups excluding carboxylic acids is 3. The number of benzene rings is 2. The maximum absolute atomic E-state index is 12.8. The first-order chi connectivity index (χ1) is 42.4. The molecule has 0 bridgehead atoms. The standard InChI is InChI=1S/C56H93N3O27/c60-7-10-66-13-16-69-19-22-72-25-28-75-31-34-78-37-40-81-46-57-54(63)84-51-5-3-49(4-6-51)1-2-50-43-52(85-55(64)58-47-82-41-38-79-35-32-76-29-26-73-23-20-70-17-14-67-11-8-61)45-53(44-50)86-56(65)59-48-83-42-39-80-36-33-77-30-27-74-24-21-71-18-15-68-12-9-62/h1-6,43-45,60-62H,7-42,46-48H2,(H,57,63)(H,58,64)(H,59,65)/b2-1+. The molecule has 2 rings (SSSR count). The fraction of sp³-hybridized carbons (Fsp3) is 0.696. The van der Waals surface area contributed by atoms with E-state index >= 15 is 0 Å². The van der Waals surface area contributed by atoms with E-state index in [1.165, 1.54) is 6.07 Å². The lowest BCUT2D eigenvalue weighted by Crippen LogP contribution is -2.30. The summed E-state index contributed by atoms with van der Waals surface area (Å²) in [6.07, 6.45) is 1.06. The minimum absolute atomic E-state index is 0.0139. The number of ether oxygens (including phenoxy) is 21. The summed E-state index contributed by atoms with van der Waals surface area (Å²) in [6, 6.07) is 11.1. The maximum atomic E-state index is 12.8. The van der Waals surface area contributed by atoms with Gasteiger partial charge in [-0.1, -0.05) is 24.3 Å². The molecule has 30 heteroatoms. The molecule has 0 atom stereocenters. The Kier molecular flexibility index (Phi) is 54.3. The zero-order valence-corrected chi connectivity index (χ0v) is 49.4. The number of carbonyl (C=O) groups is 3. The maximum Gasteiger partial charge on any atom is 0.414 e. The summed E-state index contributed by atoms with van der Waals surface area (Å²) in [6.45, 7) is 11.4. The van der Waals surface area contributed by atoms with Gasteiger partial charge in [-0.15, -0.1) is 0 Å². The van der Waals surface area contributed by atoms with Crippen LogP contribution in [0, 0.1) is 0 Å². The summed E-state index contributed by atoms with van der Waals surface area (Å²) < 4.78 is 113. The van der Waals surface area contributed by atoms with E-state index in [1.807, 2.05) is 0 Å². The predicted molar refractivity (Wildman–Crippen MR) is 305 cm³/mol. The van der Waals surface area contributed by atoms with Crippen LogP contribution in [0.1, 0.15) is 11.1 Å². The van der Waals surface area contributed by atoms with Crippen molar-refractivity contribution in [1.82, 2.24) is 16.0 Å². The quantitative estimate of drug-likeness (QED) is 0.0308. The normalized spacial score (nSPS) is 11.4. The Morgan fingerprint density at radius 1 is 0.267 bits per heavy atom. The van der Waals surface area contributed by atoms with Gasteiger partial charge >= 0.3 is 18.3 Å². The van der Waals surface area contributed by atoms with Crippen LogP contribution in [0.15, 0.2) is 42.5 Å². The lowest BCUT2D eigenvalue weighted by molar-refractivity contribution is -0.0186. The molecule has 494 valence electrons. The predicted octanol–water partition coefficient (Wildman–Crippen LogP) is 1.27. The summed E-state index contributed by atoms with van der Waals surface area (Å²) in [5.41, 5.74) is 1.21. The minimum atomic E-state index is -0.836. The van der Waals surface area contributed by atoms with E-state index in [9.17, 15) is 14.4 Å². The third-order valence-electron chi connectivity index (χ3n) is 10.1. The second-order valence-corrected chi connectivity index (χ2v) is 16.9. The lowest BCUT2D eigenvalue weighted by atomic mass is 10.1. The number of aliphatic hydroxyl groups excluding tert-OH is 3. The van der Waals surface area contributed by atoms with Crippen molar-refractivity contribution < 1.29 is 129 Å². The Balaban J connectivity index is 1.72. The molecule has 30 nitrogen and oxygen atoms in total. The summed E-state index contributed by atoms with van der Waals surface area (Å²) in [5.74, 6) is 0.378. The third kappa shape index (κ3) is 51.2. The molecule has 0 unspecified atom stereocenters. The molecule has 6 N–H and O–H groups in total. The van der Waals surface area contributed by atoms with E-state index < -0.39 is 18.3 Å². The monoisotopic (exact) mass is 1240 g/mol. The Labute approximate surface area is 503 Å². The number of hydrogen-bond donors (Lipinski definition) is 6. The second kappa shape index (κ2) is 60.4. The average Bonchev–Trinajstić information content (AvgIpc) is 3.33. The second-order valence-electron chi connectivity index (χ2n) is 16.9. The average molecular weight is 1240 g/mol. The summed E-state index contributed by atoms with van der Waals surface area (Å²) in [4.78, 5) is 37.9. The molecule has 3 amide bonds. The molecule has 0 fully saturated rings. The molecular weight excluding hydrogens is 1150 g/mol. The van der Waals surface area contributed by atoms with Crippen LogP contribution < -0.4 is 30.2 Å². The van der Waals surface area contributed by atoms with E-state index in [0.29, 0.717) is 183 Å². The molecule has 0 radical (unpaired) electrons. The molecule has 2 aromatic rings. The fourth-order valence-corrected chi connectivity index (χ4v) is 6.12. The highest BCUT2D eigenvalue weighted by Crippen LogP contribution is 2.25. The van der Waals surface area contributed by atoms with Crippen LogP contribution in [-0.4, -0.2) is 292 Å². The molecule has 0 spiro atoms. The zero-order valence-electron chi connectivity index (χ0n) is 49.4. The Morgan fingerprint density at radius 2 is 0.477 bits per heavy atom. The van der Waals surface area contributed by atoms with Crippen molar-refractivity contribution in [3.05, 3.63) is 53.6 Å². The van der Waals surface area contributed by atoms with Crippen molar-refractivity contribution in [3.8, 4) is 17.2 Å². The van der Waals surface area contributed by atoms with Gasteiger partial charge in [0.2, 0.25) is 0 Å². The van der Waals surface area contributed by atoms with Crippen LogP contribution in [0.2, 0.25) is 0 Å². The van der Waals surface area contributed by atoms with Crippen LogP contribution in [0.25, 0.3) is 12.2 Å². The first-order valence-electron chi connectivity index (χ1n) is 28.5. The molecule has 0 saturated heterocycles. The van der Waals surface area contributed by atoms with Crippen LogP contribution in [0.5, 0.6) is 17.2 Å². The van der Waals surface area contributed by atoms with Crippen LogP contribution in [-0.2, 0) is 85.3 Å². The van der Waals surface area contributed by atoms with Crippen LogP contribution >= 0.6 is 0 Å². The topological polar surface area (TPSA) is 342 Å². The molecule has 0 aromatic heterocycles. The summed E-state index contributed by atoms with van der Waals surface area (Å²) >= 11 is 0. The molecule has 0 saturated carbocycles. The fourth-order valence-electron chi connectivity index (χ4n) is 6.12. The van der Waals surface area contributed by atoms with Crippen molar-refractivity contribution in [2.24, 2.45) is 0 Å². The van der Waals surface area contributed by atoms with E-state index in [1.54, 1.807) is 48.6 Å². The van der Waals surface area contributed by atoms with Crippen molar-refractivity contribution in [1.29, 1.82) is 0 Å². The molecule has 0 aliphatic rings. The van der Waals surface area contributed by atoms with Gasteiger partial charge < -0.3 is 115 Å². The number of amides is 3. The number of rotatable bonds is 62. The van der Waals surface area contributed by atoms with Crippen molar-refractivity contribution in [2.45, 2.75) is 0 Å². The highest BCUT2D eigenvalue weighted by Gasteiger charge is 2.12. The van der Waals surface area contributed by atoms with E-state index in [-0.39, 0.29) is 104 Å². The van der Waals surface area contributed by atoms with Crippen molar-refractivity contribution >= 4 is 30.4 Å². The zero-order chi connectivity index (χ0) is 61.5. The number of nitrogens with one attached hydrogen (secondary N) is 3. The van der Waals surface area contributed by atoms with Crippen LogP contribution in [0.3, 0.4) is 0 Å². The van der Waals surface area contributed by atoms with Crippen molar-refractivity contribution in [3.63, 3.8) is 0 Å². The molecule has 2 aromatic carbocycles. The van der Waals surface area contributed by atoms with Crippen LogP contribution in [0.4, 0.5) is 14.4 Å². The van der Waals surface area contributed by atoms with Gasteiger partial charge in [-0.3, -0.25) is 16.0 Å². The van der Waals surface area contributed by atoms with Gasteiger partial charge in [0.15, 0.2) is 0 Å². The highest BCUT2D eigenvalue weighted by molar-refractivity contribution is 5.76. The summed E-state index contributed by atoms with van der Waals surface area (Å²) in [5, 5.41) is 33.5. The molecular formula is C56H93N3O27. The third-order valence-corrected chi connectivity index (χ3v) is 10.1. The van der Waals surface area contributed by atoms with Crippen molar-refractivity contribution in [2.75, 3.05) is 258 Å². The first-order valence-corrected chi connectivity index (χ1v) is 28.5. The minimum Gasteiger partial charge on any atom is -0.410 e. The lowest BCUT2D eigenvalue weighted by Gasteiger charge is -2.11. The van der Waals surface area contributed by atoms with Gasteiger partial charge in [0, 0.05) is 6.07 Å². The highest BCUT2D eigenvalue weighted by atomic mass is 16.6. The van der Waals surface area contributed by atoms with Gasteiger partial charge in [0.05, 0.1) is 238 Å². The van der Waals surface area contributed by atoms with Gasteiger partial charge in [-0.25, -0.2) is 14.4 Å². The van der Waals surface area contributed by atoms with E-state index in [4.69, 9.17) is 115 Å². The Morgan fingerprint density at radius 3 is 0.721 bits per heavy atom. The molecule has 86 heavy (non-hydrogen) atoms. The Hall–Kier alpha value is -4.85. The van der Waals surface area contributed by atoms with E-state index in [0.717, 1.165) is 0 Å². The molecule has 0 aliphatic carbocycles. The van der Waals surface area contributed by atoms with E-state index in [2.05, 4.69) is 16.0 Å². The SMILES string of the molecule is O=C(NCOCCOCCOCCOCCOCCOCCO)Oc1ccc(/C=C/c2cc(OC(=O)NCOCCOCCOCCOCCOCCOCCO)cc(OC(=O)NCOCCOCCOCCOCCOCCOCCO)c2)cc1. The van der Waals surface area contributed by atoms with Gasteiger partial charge in [-0.05, 0) is 35.4 Å².